The number of nitrogens with zero attached hydrogens (tertiary/aromatic N) is 3. The number of carbonyl (C=O) groups is 1. The molecule has 1 aliphatic rings. The fourth-order valence-corrected chi connectivity index (χ4v) is 4.56. The summed E-state index contributed by atoms with van der Waals surface area (Å²) < 4.78 is 8.45. The first-order chi connectivity index (χ1) is 14.1. The molecule has 3 heterocycles. The molecule has 0 spiro atoms. The molecule has 5 nitrogen and oxygen atoms in total. The van der Waals surface area contributed by atoms with Gasteiger partial charge in [-0.25, -0.2) is 9.78 Å². The van der Waals surface area contributed by atoms with E-state index in [2.05, 4.69) is 40.5 Å². The van der Waals surface area contributed by atoms with E-state index in [-0.39, 0.29) is 5.69 Å². The summed E-state index contributed by atoms with van der Waals surface area (Å²) in [6, 6.07) is 16.3. The van der Waals surface area contributed by atoms with Crippen LogP contribution < -0.4 is 0 Å². The molecule has 0 amide bonds. The second kappa shape index (κ2) is 6.27. The largest absolute Gasteiger partial charge is 0.438 e. The van der Waals surface area contributed by atoms with Gasteiger partial charge in [-0.2, -0.15) is 0 Å². The summed E-state index contributed by atoms with van der Waals surface area (Å²) in [5.74, 6) is -0.443. The van der Waals surface area contributed by atoms with Gasteiger partial charge in [0.25, 0.3) is 0 Å². The third-order valence-corrected chi connectivity index (χ3v) is 5.83. The van der Waals surface area contributed by atoms with Gasteiger partial charge in [0, 0.05) is 46.7 Å². The zero-order valence-corrected chi connectivity index (χ0v) is 16.6. The number of fused-ring (bicyclic) bond motifs is 2. The Morgan fingerprint density at radius 2 is 1.72 bits per heavy atom. The number of aromatic nitrogens is 3. The van der Waals surface area contributed by atoms with Gasteiger partial charge in [-0.1, -0.05) is 48.0 Å². The van der Waals surface area contributed by atoms with Gasteiger partial charge in [-0.15, -0.1) is 0 Å². The standard InChI is InChI=1S/C24H21N3O2/c1-4-27-16(3)20(18-7-5-6-8-19(18)27)24(17-11-9-15(2)10-12-17)22-21(23(28)29-24)25-13-14-26-22/h5-14H,4H2,1-3H3. The minimum atomic E-state index is -1.13. The zero-order chi connectivity index (χ0) is 20.2. The van der Waals surface area contributed by atoms with Crippen LogP contribution in [0.3, 0.4) is 0 Å². The van der Waals surface area contributed by atoms with Crippen molar-refractivity contribution in [2.75, 3.05) is 0 Å². The topological polar surface area (TPSA) is 57.0 Å². The van der Waals surface area contributed by atoms with Gasteiger partial charge in [0.2, 0.25) is 5.60 Å². The summed E-state index contributed by atoms with van der Waals surface area (Å²) in [6.45, 7) is 7.06. The normalized spacial score (nSPS) is 18.1. The molecule has 0 radical (unpaired) electrons. The predicted octanol–water partition coefficient (Wildman–Crippen LogP) is 4.53. The highest BCUT2D eigenvalue weighted by Crippen LogP contribution is 2.49. The number of hydrogen-bond donors (Lipinski definition) is 0. The number of para-hydroxylation sites is 1. The molecule has 1 unspecified atom stereocenters. The van der Waals surface area contributed by atoms with Crippen LogP contribution in [-0.2, 0) is 16.9 Å². The second-order valence-electron chi connectivity index (χ2n) is 7.41. The molecule has 0 fully saturated rings. The van der Waals surface area contributed by atoms with E-state index in [0.29, 0.717) is 5.69 Å². The number of hydrogen-bond acceptors (Lipinski definition) is 4. The lowest BCUT2D eigenvalue weighted by atomic mass is 9.81. The van der Waals surface area contributed by atoms with Crippen LogP contribution in [0.4, 0.5) is 0 Å². The van der Waals surface area contributed by atoms with Crippen molar-refractivity contribution in [1.82, 2.24) is 14.5 Å². The van der Waals surface area contributed by atoms with E-state index in [1.807, 2.05) is 43.3 Å². The fraction of sp³-hybridized carbons (Fsp3) is 0.208. The summed E-state index contributed by atoms with van der Waals surface area (Å²) >= 11 is 0. The molecule has 0 N–H and O–H groups in total. The fourth-order valence-electron chi connectivity index (χ4n) is 4.56. The number of carbonyl (C=O) groups excluding carboxylic acids is 1. The summed E-state index contributed by atoms with van der Waals surface area (Å²) in [5, 5.41) is 1.05. The van der Waals surface area contributed by atoms with Crippen LogP contribution in [-0.4, -0.2) is 20.5 Å². The Labute approximate surface area is 169 Å². The van der Waals surface area contributed by atoms with Crippen molar-refractivity contribution < 1.29 is 9.53 Å². The van der Waals surface area contributed by atoms with Crippen molar-refractivity contribution in [3.63, 3.8) is 0 Å². The number of ether oxygens (including phenoxy) is 1. The number of rotatable bonds is 3. The van der Waals surface area contributed by atoms with Crippen molar-refractivity contribution >= 4 is 16.9 Å². The van der Waals surface area contributed by atoms with E-state index in [0.717, 1.165) is 39.8 Å². The molecule has 0 saturated carbocycles. The average Bonchev–Trinajstić information content (AvgIpc) is 3.20. The van der Waals surface area contributed by atoms with E-state index in [9.17, 15) is 4.79 Å². The quantitative estimate of drug-likeness (QED) is 0.488. The molecule has 5 heteroatoms. The molecule has 1 atom stereocenters. The lowest BCUT2D eigenvalue weighted by molar-refractivity contribution is 0.0243. The van der Waals surface area contributed by atoms with Crippen molar-refractivity contribution in [3.8, 4) is 0 Å². The lowest BCUT2D eigenvalue weighted by Gasteiger charge is -2.29. The van der Waals surface area contributed by atoms with E-state index < -0.39 is 11.6 Å². The Kier molecular flexibility index (Phi) is 3.81. The molecular formula is C24H21N3O2. The van der Waals surface area contributed by atoms with Crippen LogP contribution in [0, 0.1) is 13.8 Å². The molecule has 2 aromatic heterocycles. The van der Waals surface area contributed by atoms with Gasteiger partial charge in [-0.3, -0.25) is 4.98 Å². The van der Waals surface area contributed by atoms with Crippen molar-refractivity contribution in [3.05, 3.63) is 94.7 Å². The third kappa shape index (κ3) is 2.30. The van der Waals surface area contributed by atoms with Crippen molar-refractivity contribution in [2.24, 2.45) is 0 Å². The van der Waals surface area contributed by atoms with Crippen molar-refractivity contribution in [2.45, 2.75) is 32.9 Å². The number of cyclic esters (lactones) is 1. The lowest BCUT2D eigenvalue weighted by Crippen LogP contribution is -2.31. The Bertz CT molecular complexity index is 1260. The van der Waals surface area contributed by atoms with E-state index in [1.165, 1.54) is 6.20 Å². The number of benzene rings is 2. The molecule has 0 saturated heterocycles. The summed E-state index contributed by atoms with van der Waals surface area (Å²) in [4.78, 5) is 21.8. The Balaban J connectivity index is 1.95. The SMILES string of the molecule is CCn1c(C)c(C2(c3ccc(C)cc3)OC(=O)c3nccnc32)c2ccccc21. The minimum Gasteiger partial charge on any atom is -0.438 e. The van der Waals surface area contributed by atoms with Crippen LogP contribution in [0.25, 0.3) is 10.9 Å². The molecular weight excluding hydrogens is 362 g/mol. The maximum absolute atomic E-state index is 12.9. The van der Waals surface area contributed by atoms with Gasteiger partial charge < -0.3 is 9.30 Å². The highest BCUT2D eigenvalue weighted by Gasteiger charge is 2.53. The first-order valence-corrected chi connectivity index (χ1v) is 9.78. The van der Waals surface area contributed by atoms with E-state index in [4.69, 9.17) is 4.74 Å². The molecule has 2 aromatic carbocycles. The summed E-state index contributed by atoms with van der Waals surface area (Å²) in [6.07, 6.45) is 3.16. The third-order valence-electron chi connectivity index (χ3n) is 5.83. The van der Waals surface area contributed by atoms with Crippen molar-refractivity contribution in [1.29, 1.82) is 0 Å². The number of esters is 1. The van der Waals surface area contributed by atoms with Gasteiger partial charge >= 0.3 is 5.97 Å². The molecule has 4 aromatic rings. The molecule has 5 rings (SSSR count). The Morgan fingerprint density at radius 3 is 2.48 bits per heavy atom. The summed E-state index contributed by atoms with van der Waals surface area (Å²) in [7, 11) is 0. The van der Waals surface area contributed by atoms with Crippen LogP contribution in [0.1, 0.15) is 45.5 Å². The highest BCUT2D eigenvalue weighted by atomic mass is 16.6. The monoisotopic (exact) mass is 383 g/mol. The maximum atomic E-state index is 12.9. The van der Waals surface area contributed by atoms with Gasteiger partial charge in [-0.05, 0) is 26.8 Å². The molecule has 29 heavy (non-hydrogen) atoms. The Hall–Kier alpha value is -3.47. The highest BCUT2D eigenvalue weighted by molar-refractivity contribution is 5.96. The molecule has 1 aliphatic heterocycles. The first-order valence-electron chi connectivity index (χ1n) is 9.78. The Morgan fingerprint density at radius 1 is 1.00 bits per heavy atom. The van der Waals surface area contributed by atoms with Gasteiger partial charge in [0.15, 0.2) is 5.69 Å². The van der Waals surface area contributed by atoms with Crippen LogP contribution in [0.15, 0.2) is 60.9 Å². The zero-order valence-electron chi connectivity index (χ0n) is 16.6. The number of aryl methyl sites for hydroxylation is 2. The van der Waals surface area contributed by atoms with E-state index >= 15 is 0 Å². The van der Waals surface area contributed by atoms with Crippen LogP contribution in [0.5, 0.6) is 0 Å². The van der Waals surface area contributed by atoms with Gasteiger partial charge in [0.05, 0.1) is 0 Å². The van der Waals surface area contributed by atoms with E-state index in [1.54, 1.807) is 6.20 Å². The first kappa shape index (κ1) is 17.6. The second-order valence-corrected chi connectivity index (χ2v) is 7.41. The maximum Gasteiger partial charge on any atom is 0.360 e. The van der Waals surface area contributed by atoms with Crippen LogP contribution in [0.2, 0.25) is 0 Å². The van der Waals surface area contributed by atoms with Gasteiger partial charge in [0.1, 0.15) is 5.69 Å². The smallest absolute Gasteiger partial charge is 0.360 e. The average molecular weight is 383 g/mol. The molecule has 144 valence electrons. The summed E-state index contributed by atoms with van der Waals surface area (Å²) in [5.41, 5.74) is 4.84. The molecule has 0 bridgehead atoms. The molecule has 0 aliphatic carbocycles. The van der Waals surface area contributed by atoms with Crippen LogP contribution >= 0.6 is 0 Å². The predicted molar refractivity (Wildman–Crippen MR) is 111 cm³/mol. The minimum absolute atomic E-state index is 0.279.